The minimum Gasteiger partial charge on any atom is -0.462 e. The molecule has 4 nitrogen and oxygen atoms in total. The van der Waals surface area contributed by atoms with Crippen molar-refractivity contribution in [3.63, 3.8) is 0 Å². The van der Waals surface area contributed by atoms with E-state index in [9.17, 15) is 4.79 Å². The SMILES string of the molecule is CCCCCCCC(=O)OC1CCc2nc3ccccc3c(N)c2C1. The predicted octanol–water partition coefficient (Wildman–Crippen LogP) is 4.58. The second-order valence-corrected chi connectivity index (χ2v) is 6.99. The van der Waals surface area contributed by atoms with Crippen LogP contribution < -0.4 is 5.73 Å². The molecule has 0 spiro atoms. The molecule has 1 aromatic heterocycles. The highest BCUT2D eigenvalue weighted by atomic mass is 16.5. The third kappa shape index (κ3) is 4.30. The zero-order valence-corrected chi connectivity index (χ0v) is 15.1. The number of rotatable bonds is 7. The van der Waals surface area contributed by atoms with Crippen molar-refractivity contribution in [2.45, 2.75) is 70.8 Å². The number of hydrogen-bond donors (Lipinski definition) is 1. The Kier molecular flexibility index (Phi) is 5.90. The Hall–Kier alpha value is -2.10. The number of unbranched alkanes of at least 4 members (excludes halogenated alkanes) is 4. The van der Waals surface area contributed by atoms with Crippen LogP contribution in [0.25, 0.3) is 10.9 Å². The van der Waals surface area contributed by atoms with E-state index in [2.05, 4.69) is 6.92 Å². The molecule has 1 unspecified atom stereocenters. The molecule has 25 heavy (non-hydrogen) atoms. The summed E-state index contributed by atoms with van der Waals surface area (Å²) in [5.41, 5.74) is 10.2. The molecule has 0 saturated carbocycles. The summed E-state index contributed by atoms with van der Waals surface area (Å²) < 4.78 is 5.70. The maximum absolute atomic E-state index is 12.1. The van der Waals surface area contributed by atoms with Crippen LogP contribution in [0.15, 0.2) is 24.3 Å². The molecule has 3 rings (SSSR count). The number of carbonyl (C=O) groups is 1. The Labute approximate surface area is 149 Å². The largest absolute Gasteiger partial charge is 0.462 e. The van der Waals surface area contributed by atoms with Gasteiger partial charge in [-0.25, -0.2) is 0 Å². The van der Waals surface area contributed by atoms with Crippen LogP contribution in [0.4, 0.5) is 5.69 Å². The fourth-order valence-electron chi connectivity index (χ4n) is 3.61. The van der Waals surface area contributed by atoms with Crippen molar-refractivity contribution < 1.29 is 9.53 Å². The van der Waals surface area contributed by atoms with Crippen LogP contribution in [0.5, 0.6) is 0 Å². The molecule has 0 bridgehead atoms. The van der Waals surface area contributed by atoms with E-state index in [1.54, 1.807) is 0 Å². The summed E-state index contributed by atoms with van der Waals surface area (Å²) in [6.45, 7) is 2.19. The topological polar surface area (TPSA) is 65.2 Å². The molecule has 2 aromatic rings. The normalized spacial score (nSPS) is 16.6. The van der Waals surface area contributed by atoms with Gasteiger partial charge in [0.15, 0.2) is 0 Å². The molecule has 0 saturated heterocycles. The molecule has 1 aliphatic rings. The number of benzene rings is 1. The van der Waals surface area contributed by atoms with Crippen LogP contribution in [0.1, 0.15) is 63.1 Å². The maximum atomic E-state index is 12.1. The van der Waals surface area contributed by atoms with Gasteiger partial charge in [0, 0.05) is 35.2 Å². The number of fused-ring (bicyclic) bond motifs is 2. The third-order valence-corrected chi connectivity index (χ3v) is 5.04. The highest BCUT2D eigenvalue weighted by molar-refractivity contribution is 5.92. The van der Waals surface area contributed by atoms with E-state index in [1.807, 2.05) is 24.3 Å². The number of ether oxygens (including phenoxy) is 1. The first-order valence-corrected chi connectivity index (χ1v) is 9.54. The summed E-state index contributed by atoms with van der Waals surface area (Å²) in [4.78, 5) is 16.8. The van der Waals surface area contributed by atoms with Gasteiger partial charge in [-0.15, -0.1) is 0 Å². The van der Waals surface area contributed by atoms with Crippen molar-refractivity contribution in [2.75, 3.05) is 5.73 Å². The lowest BCUT2D eigenvalue weighted by molar-refractivity contribution is -0.149. The van der Waals surface area contributed by atoms with Gasteiger partial charge < -0.3 is 10.5 Å². The first kappa shape index (κ1) is 17.7. The van der Waals surface area contributed by atoms with E-state index in [0.717, 1.165) is 53.5 Å². The molecule has 1 aromatic carbocycles. The number of nitrogen functional groups attached to an aromatic ring is 1. The first-order valence-electron chi connectivity index (χ1n) is 9.54. The van der Waals surface area contributed by atoms with Gasteiger partial charge in [0.05, 0.1) is 5.52 Å². The fraction of sp³-hybridized carbons (Fsp3) is 0.524. The predicted molar refractivity (Wildman–Crippen MR) is 101 cm³/mol. The van der Waals surface area contributed by atoms with Crippen molar-refractivity contribution in [3.8, 4) is 0 Å². The summed E-state index contributed by atoms with van der Waals surface area (Å²) in [5, 5.41) is 0.990. The molecule has 0 amide bonds. The van der Waals surface area contributed by atoms with Gasteiger partial charge in [0.1, 0.15) is 6.10 Å². The van der Waals surface area contributed by atoms with E-state index < -0.39 is 0 Å². The van der Waals surface area contributed by atoms with Crippen molar-refractivity contribution in [2.24, 2.45) is 0 Å². The quantitative estimate of drug-likeness (QED) is 0.592. The summed E-state index contributed by atoms with van der Waals surface area (Å²) >= 11 is 0. The van der Waals surface area contributed by atoms with E-state index >= 15 is 0 Å². The number of carbonyl (C=O) groups excluding carboxylic acids is 1. The average molecular weight is 340 g/mol. The fourth-order valence-corrected chi connectivity index (χ4v) is 3.61. The van der Waals surface area contributed by atoms with Crippen molar-refractivity contribution in [1.82, 2.24) is 4.98 Å². The standard InChI is InChI=1S/C21H28N2O2/c1-2-3-4-5-6-11-20(24)25-15-12-13-19-17(14-15)21(22)16-9-7-8-10-18(16)23-19/h7-10,15H,2-6,11-14H2,1H3,(H2,22,23). The van der Waals surface area contributed by atoms with E-state index in [0.29, 0.717) is 12.8 Å². The number of pyridine rings is 1. The van der Waals surface area contributed by atoms with E-state index in [1.165, 1.54) is 19.3 Å². The molecule has 0 aliphatic heterocycles. The summed E-state index contributed by atoms with van der Waals surface area (Å²) in [5.74, 6) is -0.0720. The molecule has 134 valence electrons. The molecule has 1 heterocycles. The lowest BCUT2D eigenvalue weighted by atomic mass is 9.91. The molecular formula is C21H28N2O2. The maximum Gasteiger partial charge on any atom is 0.306 e. The Bertz CT molecular complexity index is 742. The zero-order chi connectivity index (χ0) is 17.6. The van der Waals surface area contributed by atoms with Crippen LogP contribution in [0.2, 0.25) is 0 Å². The van der Waals surface area contributed by atoms with Gasteiger partial charge in [0.25, 0.3) is 0 Å². The minimum absolute atomic E-state index is 0.0686. The minimum atomic E-state index is -0.0720. The lowest BCUT2D eigenvalue weighted by Gasteiger charge is -2.26. The summed E-state index contributed by atoms with van der Waals surface area (Å²) in [6, 6.07) is 7.96. The van der Waals surface area contributed by atoms with Gasteiger partial charge >= 0.3 is 5.97 Å². The molecule has 1 atom stereocenters. The van der Waals surface area contributed by atoms with Crippen LogP contribution >= 0.6 is 0 Å². The van der Waals surface area contributed by atoms with Crippen LogP contribution in [0, 0.1) is 0 Å². The lowest BCUT2D eigenvalue weighted by Crippen LogP contribution is -2.27. The highest BCUT2D eigenvalue weighted by Gasteiger charge is 2.25. The van der Waals surface area contributed by atoms with E-state index in [-0.39, 0.29) is 12.1 Å². The summed E-state index contributed by atoms with van der Waals surface area (Å²) in [7, 11) is 0. The molecule has 4 heteroatoms. The van der Waals surface area contributed by atoms with Gasteiger partial charge in [-0.05, 0) is 25.3 Å². The van der Waals surface area contributed by atoms with Gasteiger partial charge in [-0.2, -0.15) is 0 Å². The number of nitrogens with two attached hydrogens (primary N) is 1. The first-order chi connectivity index (χ1) is 12.2. The van der Waals surface area contributed by atoms with Gasteiger partial charge in [-0.1, -0.05) is 50.8 Å². The smallest absolute Gasteiger partial charge is 0.306 e. The number of hydrogen-bond acceptors (Lipinski definition) is 4. The number of anilines is 1. The Morgan fingerprint density at radius 1 is 1.24 bits per heavy atom. The van der Waals surface area contributed by atoms with Gasteiger partial charge in [-0.3, -0.25) is 9.78 Å². The van der Waals surface area contributed by atoms with Crippen LogP contribution in [-0.4, -0.2) is 17.1 Å². The van der Waals surface area contributed by atoms with Crippen molar-refractivity contribution >= 4 is 22.6 Å². The van der Waals surface area contributed by atoms with Crippen molar-refractivity contribution in [1.29, 1.82) is 0 Å². The number of esters is 1. The second-order valence-electron chi connectivity index (χ2n) is 6.99. The molecule has 2 N–H and O–H groups in total. The Morgan fingerprint density at radius 3 is 2.88 bits per heavy atom. The number of aryl methyl sites for hydroxylation is 1. The molecular weight excluding hydrogens is 312 g/mol. The Balaban J connectivity index is 1.59. The number of para-hydroxylation sites is 1. The number of aromatic nitrogens is 1. The van der Waals surface area contributed by atoms with E-state index in [4.69, 9.17) is 15.5 Å². The van der Waals surface area contributed by atoms with Crippen LogP contribution in [0.3, 0.4) is 0 Å². The average Bonchev–Trinajstić information content (AvgIpc) is 2.62. The third-order valence-electron chi connectivity index (χ3n) is 5.04. The van der Waals surface area contributed by atoms with Crippen LogP contribution in [-0.2, 0) is 22.4 Å². The second kappa shape index (κ2) is 8.32. The molecule has 1 aliphatic carbocycles. The highest BCUT2D eigenvalue weighted by Crippen LogP contribution is 2.32. The molecule has 0 radical (unpaired) electrons. The summed E-state index contributed by atoms with van der Waals surface area (Å²) in [6.07, 6.45) is 8.49. The zero-order valence-electron chi connectivity index (χ0n) is 15.1. The molecule has 0 fully saturated rings. The monoisotopic (exact) mass is 340 g/mol. The van der Waals surface area contributed by atoms with Gasteiger partial charge in [0.2, 0.25) is 0 Å². The Morgan fingerprint density at radius 2 is 2.04 bits per heavy atom. The number of nitrogens with zero attached hydrogens (tertiary/aromatic N) is 1. The van der Waals surface area contributed by atoms with Crippen molar-refractivity contribution in [3.05, 3.63) is 35.5 Å².